The molecule has 0 fully saturated rings. The highest BCUT2D eigenvalue weighted by Gasteiger charge is 2.15. The lowest BCUT2D eigenvalue weighted by atomic mass is 10.3. The molecule has 0 spiro atoms. The molecule has 0 amide bonds. The normalized spacial score (nSPS) is 11.2. The Hall–Kier alpha value is -0.870. The summed E-state index contributed by atoms with van der Waals surface area (Å²) >= 11 is 1.24. The molecule has 1 rings (SSSR count). The smallest absolute Gasteiger partial charge is 0.250 e. The van der Waals surface area contributed by atoms with Crippen LogP contribution in [-0.4, -0.2) is 21.5 Å². The first kappa shape index (κ1) is 13.2. The average Bonchev–Trinajstić information content (AvgIpc) is 2.68. The van der Waals surface area contributed by atoms with Gasteiger partial charge >= 0.3 is 0 Å². The van der Waals surface area contributed by atoms with Gasteiger partial charge in [-0.25, -0.2) is 13.1 Å². The van der Waals surface area contributed by atoms with Gasteiger partial charge in [0.25, 0.3) is 0 Å². The molecule has 6 heteroatoms. The predicted molar refractivity (Wildman–Crippen MR) is 65.7 cm³/mol. The van der Waals surface area contributed by atoms with Crippen molar-refractivity contribution in [3.05, 3.63) is 17.0 Å². The third-order valence-electron chi connectivity index (χ3n) is 1.85. The number of thiophene rings is 1. The standard InChI is InChI=1S/C10H14N2O2S2/c1-2-3-8-12-16(13,14)10-5-4-9(15-10)6-7-11/h1,4-5,12H,3,6-8,11H2. The second kappa shape index (κ2) is 6.01. The number of hydrogen-bond donors (Lipinski definition) is 2. The van der Waals surface area contributed by atoms with E-state index in [1.54, 1.807) is 12.1 Å². The van der Waals surface area contributed by atoms with E-state index in [-0.39, 0.29) is 6.54 Å². The second-order valence-electron chi connectivity index (χ2n) is 3.11. The van der Waals surface area contributed by atoms with E-state index in [9.17, 15) is 8.42 Å². The molecule has 1 aromatic rings. The first-order valence-electron chi connectivity index (χ1n) is 4.82. The summed E-state index contributed by atoms with van der Waals surface area (Å²) in [5, 5.41) is 0. The van der Waals surface area contributed by atoms with Gasteiger partial charge in [-0.3, -0.25) is 0 Å². The van der Waals surface area contributed by atoms with Crippen LogP contribution in [0.4, 0.5) is 0 Å². The van der Waals surface area contributed by atoms with Gasteiger partial charge in [-0.05, 0) is 25.1 Å². The van der Waals surface area contributed by atoms with E-state index in [1.165, 1.54) is 11.3 Å². The zero-order valence-electron chi connectivity index (χ0n) is 8.77. The van der Waals surface area contributed by atoms with Gasteiger partial charge in [-0.1, -0.05) is 0 Å². The number of rotatable bonds is 6. The molecule has 0 aliphatic heterocycles. The van der Waals surface area contributed by atoms with Crippen LogP contribution in [0.15, 0.2) is 16.3 Å². The maximum atomic E-state index is 11.7. The minimum Gasteiger partial charge on any atom is -0.330 e. The summed E-state index contributed by atoms with van der Waals surface area (Å²) in [4.78, 5) is 0.972. The van der Waals surface area contributed by atoms with Crippen molar-refractivity contribution in [2.75, 3.05) is 13.1 Å². The molecule has 0 saturated carbocycles. The van der Waals surface area contributed by atoms with Crippen molar-refractivity contribution in [3.63, 3.8) is 0 Å². The lowest BCUT2D eigenvalue weighted by Gasteiger charge is -2.01. The van der Waals surface area contributed by atoms with Crippen LogP contribution in [0.1, 0.15) is 11.3 Å². The molecule has 1 heterocycles. The van der Waals surface area contributed by atoms with E-state index in [1.807, 2.05) is 0 Å². The van der Waals surface area contributed by atoms with Crippen molar-refractivity contribution in [2.24, 2.45) is 5.73 Å². The van der Waals surface area contributed by atoms with Crippen LogP contribution < -0.4 is 10.5 Å². The fourth-order valence-corrected chi connectivity index (χ4v) is 3.56. The lowest BCUT2D eigenvalue weighted by molar-refractivity contribution is 0.584. The zero-order chi connectivity index (χ0) is 12.0. The second-order valence-corrected chi connectivity index (χ2v) is 6.27. The van der Waals surface area contributed by atoms with Crippen LogP contribution in [0.2, 0.25) is 0 Å². The summed E-state index contributed by atoms with van der Waals surface area (Å²) in [5.41, 5.74) is 5.40. The summed E-state index contributed by atoms with van der Waals surface area (Å²) in [6, 6.07) is 3.38. The van der Waals surface area contributed by atoms with Gasteiger partial charge in [-0.2, -0.15) is 0 Å². The third kappa shape index (κ3) is 3.61. The van der Waals surface area contributed by atoms with Crippen LogP contribution in [0.25, 0.3) is 0 Å². The molecule has 0 radical (unpaired) electrons. The van der Waals surface area contributed by atoms with Crippen molar-refractivity contribution >= 4 is 21.4 Å². The average molecular weight is 258 g/mol. The van der Waals surface area contributed by atoms with Gasteiger partial charge < -0.3 is 5.73 Å². The van der Waals surface area contributed by atoms with E-state index in [0.29, 0.717) is 23.6 Å². The van der Waals surface area contributed by atoms with Crippen molar-refractivity contribution in [1.82, 2.24) is 4.72 Å². The maximum Gasteiger partial charge on any atom is 0.250 e. The van der Waals surface area contributed by atoms with Gasteiger partial charge in [0.1, 0.15) is 4.21 Å². The molecule has 1 aromatic heterocycles. The molecule has 0 saturated heterocycles. The molecule has 0 bridgehead atoms. The number of nitrogens with one attached hydrogen (secondary N) is 1. The fourth-order valence-electron chi connectivity index (χ4n) is 1.11. The molecular formula is C10H14N2O2S2. The molecule has 0 unspecified atom stereocenters. The Bertz CT molecular complexity index is 471. The number of terminal acetylenes is 1. The number of nitrogens with two attached hydrogens (primary N) is 1. The fraction of sp³-hybridized carbons (Fsp3) is 0.400. The summed E-state index contributed by atoms with van der Waals surface area (Å²) < 4.78 is 26.2. The summed E-state index contributed by atoms with van der Waals surface area (Å²) in [6.45, 7) is 0.785. The van der Waals surface area contributed by atoms with Crippen LogP contribution in [0.5, 0.6) is 0 Å². The van der Waals surface area contributed by atoms with Gasteiger partial charge in [-0.15, -0.1) is 23.7 Å². The molecule has 3 N–H and O–H groups in total. The highest BCUT2D eigenvalue weighted by Crippen LogP contribution is 2.21. The van der Waals surface area contributed by atoms with Gasteiger partial charge in [0.15, 0.2) is 0 Å². The van der Waals surface area contributed by atoms with Crippen molar-refractivity contribution in [2.45, 2.75) is 17.1 Å². The Morgan fingerprint density at radius 1 is 1.50 bits per heavy atom. The largest absolute Gasteiger partial charge is 0.330 e. The Labute approximate surface area is 99.9 Å². The molecule has 4 nitrogen and oxygen atoms in total. The summed E-state index contributed by atoms with van der Waals surface area (Å²) in [7, 11) is -3.40. The SMILES string of the molecule is C#CCCNS(=O)(=O)c1ccc(CCN)s1. The molecule has 0 aliphatic rings. The Morgan fingerprint density at radius 2 is 2.25 bits per heavy atom. The number of hydrogen-bond acceptors (Lipinski definition) is 4. The van der Waals surface area contributed by atoms with E-state index < -0.39 is 10.0 Å². The quantitative estimate of drug-likeness (QED) is 0.578. The molecule has 0 atom stereocenters. The van der Waals surface area contributed by atoms with Gasteiger partial charge in [0, 0.05) is 17.8 Å². The highest BCUT2D eigenvalue weighted by atomic mass is 32.2. The van der Waals surface area contributed by atoms with Crippen LogP contribution in [0.3, 0.4) is 0 Å². The lowest BCUT2D eigenvalue weighted by Crippen LogP contribution is -2.23. The number of sulfonamides is 1. The van der Waals surface area contributed by atoms with Crippen molar-refractivity contribution in [1.29, 1.82) is 0 Å². The maximum absolute atomic E-state index is 11.7. The topological polar surface area (TPSA) is 72.2 Å². The molecule has 0 aromatic carbocycles. The minimum atomic E-state index is -3.40. The van der Waals surface area contributed by atoms with Crippen LogP contribution in [-0.2, 0) is 16.4 Å². The summed E-state index contributed by atoms with van der Waals surface area (Å²) in [6.07, 6.45) is 6.13. The first-order valence-corrected chi connectivity index (χ1v) is 7.12. The zero-order valence-corrected chi connectivity index (χ0v) is 10.4. The molecule has 88 valence electrons. The molecular weight excluding hydrogens is 244 g/mol. The predicted octanol–water partition coefficient (Wildman–Crippen LogP) is 0.551. The Kier molecular flexibility index (Phi) is 4.96. The van der Waals surface area contributed by atoms with Gasteiger partial charge in [0.05, 0.1) is 0 Å². The Balaban J connectivity index is 2.71. The van der Waals surface area contributed by atoms with E-state index in [4.69, 9.17) is 12.2 Å². The van der Waals surface area contributed by atoms with Gasteiger partial charge in [0.2, 0.25) is 10.0 Å². The monoisotopic (exact) mass is 258 g/mol. The third-order valence-corrected chi connectivity index (χ3v) is 4.95. The van der Waals surface area contributed by atoms with E-state index in [2.05, 4.69) is 10.6 Å². The van der Waals surface area contributed by atoms with Crippen LogP contribution in [0, 0.1) is 12.3 Å². The molecule has 16 heavy (non-hydrogen) atoms. The summed E-state index contributed by atoms with van der Waals surface area (Å²) in [5.74, 6) is 2.38. The minimum absolute atomic E-state index is 0.267. The highest BCUT2D eigenvalue weighted by molar-refractivity contribution is 7.91. The van der Waals surface area contributed by atoms with Crippen molar-refractivity contribution < 1.29 is 8.42 Å². The first-order chi connectivity index (χ1) is 7.60. The Morgan fingerprint density at radius 3 is 2.88 bits per heavy atom. The molecule has 0 aliphatic carbocycles. The van der Waals surface area contributed by atoms with E-state index >= 15 is 0 Å². The van der Waals surface area contributed by atoms with E-state index in [0.717, 1.165) is 4.88 Å². The van der Waals surface area contributed by atoms with Crippen LogP contribution >= 0.6 is 11.3 Å². The van der Waals surface area contributed by atoms with Crippen molar-refractivity contribution in [3.8, 4) is 12.3 Å².